The van der Waals surface area contributed by atoms with Crippen LogP contribution < -0.4 is 11.0 Å². The average molecular weight is 478 g/mol. The monoisotopic (exact) mass is 478 g/mol. The van der Waals surface area contributed by atoms with Gasteiger partial charge in [0.15, 0.2) is 0 Å². The third kappa shape index (κ3) is 4.41. The number of carbonyl (C=O) groups excluding carboxylic acids is 1. The molecule has 0 spiro atoms. The zero-order chi connectivity index (χ0) is 25.7. The highest BCUT2D eigenvalue weighted by atomic mass is 19.1. The van der Waals surface area contributed by atoms with Gasteiger partial charge in [-0.25, -0.2) is 4.39 Å². The Bertz CT molecular complexity index is 1400. The standard InChI is InChI=1S/C26H28BFN2O5/c1-15(2)17-11-18-13-29-30(24(32)23(18)21(28)12-17)22-10-8-9-20(19(22)14-33-16(3)31)27-34-25(4,5)26(6,7)35-27/h8-13H,1,14H2,2-7H3. The number of hydrogen-bond acceptors (Lipinski definition) is 6. The van der Waals surface area contributed by atoms with E-state index in [1.54, 1.807) is 31.2 Å². The number of rotatable bonds is 5. The van der Waals surface area contributed by atoms with Gasteiger partial charge in [-0.1, -0.05) is 24.3 Å². The van der Waals surface area contributed by atoms with Crippen LogP contribution in [0, 0.1) is 5.82 Å². The van der Waals surface area contributed by atoms with E-state index in [9.17, 15) is 9.59 Å². The van der Waals surface area contributed by atoms with E-state index < -0.39 is 35.7 Å². The molecule has 0 amide bonds. The predicted molar refractivity (Wildman–Crippen MR) is 133 cm³/mol. The minimum atomic E-state index is -0.767. The van der Waals surface area contributed by atoms with Crippen LogP contribution in [0.1, 0.15) is 52.7 Å². The van der Waals surface area contributed by atoms with Crippen molar-refractivity contribution in [3.05, 3.63) is 70.4 Å². The second kappa shape index (κ2) is 8.73. The molecule has 1 aliphatic heterocycles. The second-order valence-electron chi connectivity index (χ2n) is 9.78. The van der Waals surface area contributed by atoms with E-state index in [0.717, 1.165) is 4.68 Å². The second-order valence-corrected chi connectivity index (χ2v) is 9.78. The Morgan fingerprint density at radius 3 is 2.43 bits per heavy atom. The Kier molecular flexibility index (Phi) is 6.19. The fraction of sp³-hybridized carbons (Fsp3) is 0.346. The van der Waals surface area contributed by atoms with Crippen LogP contribution in [0.2, 0.25) is 0 Å². The van der Waals surface area contributed by atoms with Gasteiger partial charge in [0, 0.05) is 17.9 Å². The molecule has 1 aliphatic rings. The molecule has 182 valence electrons. The van der Waals surface area contributed by atoms with Crippen molar-refractivity contribution >= 4 is 34.9 Å². The van der Waals surface area contributed by atoms with Gasteiger partial charge in [0.2, 0.25) is 0 Å². The summed E-state index contributed by atoms with van der Waals surface area (Å²) in [6.07, 6.45) is 1.43. The van der Waals surface area contributed by atoms with Gasteiger partial charge >= 0.3 is 13.1 Å². The lowest BCUT2D eigenvalue weighted by Gasteiger charge is -2.32. The molecule has 0 unspecified atom stereocenters. The van der Waals surface area contributed by atoms with Gasteiger partial charge in [0.25, 0.3) is 5.56 Å². The van der Waals surface area contributed by atoms with Crippen molar-refractivity contribution in [3.8, 4) is 5.69 Å². The van der Waals surface area contributed by atoms with Crippen molar-refractivity contribution in [1.82, 2.24) is 9.78 Å². The lowest BCUT2D eigenvalue weighted by atomic mass is 9.75. The van der Waals surface area contributed by atoms with Crippen molar-refractivity contribution in [2.45, 2.75) is 59.4 Å². The van der Waals surface area contributed by atoms with Crippen LogP contribution in [-0.4, -0.2) is 34.1 Å². The quantitative estimate of drug-likeness (QED) is 0.409. The molecule has 1 fully saturated rings. The Morgan fingerprint density at radius 2 is 1.83 bits per heavy atom. The van der Waals surface area contributed by atoms with E-state index in [1.807, 2.05) is 27.7 Å². The summed E-state index contributed by atoms with van der Waals surface area (Å²) in [6.45, 7) is 14.5. The first-order valence-electron chi connectivity index (χ1n) is 11.3. The molecular formula is C26H28BFN2O5. The number of nitrogens with zero attached hydrogens (tertiary/aromatic N) is 2. The van der Waals surface area contributed by atoms with E-state index in [0.29, 0.717) is 33.2 Å². The largest absolute Gasteiger partial charge is 0.495 e. The highest BCUT2D eigenvalue weighted by molar-refractivity contribution is 6.62. The summed E-state index contributed by atoms with van der Waals surface area (Å²) in [7, 11) is -0.767. The first-order chi connectivity index (χ1) is 16.3. The van der Waals surface area contributed by atoms with Crippen LogP contribution in [0.25, 0.3) is 22.0 Å². The average Bonchev–Trinajstić information content (AvgIpc) is 2.98. The summed E-state index contributed by atoms with van der Waals surface area (Å²) < 4.78 is 33.9. The van der Waals surface area contributed by atoms with E-state index in [1.165, 1.54) is 19.2 Å². The van der Waals surface area contributed by atoms with Crippen molar-refractivity contribution in [1.29, 1.82) is 0 Å². The normalized spacial score (nSPS) is 16.5. The van der Waals surface area contributed by atoms with Gasteiger partial charge < -0.3 is 14.0 Å². The first-order valence-corrected chi connectivity index (χ1v) is 11.3. The number of hydrogen-bond donors (Lipinski definition) is 0. The van der Waals surface area contributed by atoms with E-state index in [-0.39, 0.29) is 12.0 Å². The molecule has 0 N–H and O–H groups in total. The molecular weight excluding hydrogens is 450 g/mol. The topological polar surface area (TPSA) is 79.6 Å². The highest BCUT2D eigenvalue weighted by Crippen LogP contribution is 2.37. The molecule has 4 rings (SSSR count). The molecule has 0 aliphatic carbocycles. The van der Waals surface area contributed by atoms with E-state index in [2.05, 4.69) is 11.7 Å². The number of aromatic nitrogens is 2. The minimum absolute atomic E-state index is 0.0931. The zero-order valence-corrected chi connectivity index (χ0v) is 20.8. The molecule has 35 heavy (non-hydrogen) atoms. The third-order valence-electron chi connectivity index (χ3n) is 6.67. The summed E-state index contributed by atoms with van der Waals surface area (Å²) in [5.41, 5.74) is 0.838. The summed E-state index contributed by atoms with van der Waals surface area (Å²) in [5.74, 6) is -1.15. The summed E-state index contributed by atoms with van der Waals surface area (Å²) in [4.78, 5) is 25.1. The zero-order valence-electron chi connectivity index (χ0n) is 20.8. The smallest absolute Gasteiger partial charge is 0.461 e. The van der Waals surface area contributed by atoms with Crippen LogP contribution >= 0.6 is 0 Å². The molecule has 9 heteroatoms. The van der Waals surface area contributed by atoms with Crippen LogP contribution in [0.15, 0.2) is 47.9 Å². The van der Waals surface area contributed by atoms with Crippen molar-refractivity contribution < 1.29 is 23.2 Å². The Labute approximate surface area is 203 Å². The fourth-order valence-electron chi connectivity index (χ4n) is 3.96. The lowest BCUT2D eigenvalue weighted by Crippen LogP contribution is -2.41. The van der Waals surface area contributed by atoms with Crippen molar-refractivity contribution in [2.75, 3.05) is 0 Å². The van der Waals surface area contributed by atoms with Crippen LogP contribution in [0.3, 0.4) is 0 Å². The highest BCUT2D eigenvalue weighted by Gasteiger charge is 2.52. The summed E-state index contributed by atoms with van der Waals surface area (Å²) >= 11 is 0. The lowest BCUT2D eigenvalue weighted by molar-refractivity contribution is -0.142. The first kappa shape index (κ1) is 24.8. The number of carbonyl (C=O) groups is 1. The maximum absolute atomic E-state index is 15.0. The maximum atomic E-state index is 15.0. The molecule has 2 aromatic carbocycles. The molecule has 0 atom stereocenters. The van der Waals surface area contributed by atoms with Gasteiger partial charge in [-0.05, 0) is 63.8 Å². The number of ether oxygens (including phenoxy) is 1. The van der Waals surface area contributed by atoms with Crippen LogP contribution in [-0.2, 0) is 25.4 Å². The molecule has 0 radical (unpaired) electrons. The number of fused-ring (bicyclic) bond motifs is 1. The number of allylic oxidation sites excluding steroid dienone is 1. The fourth-order valence-corrected chi connectivity index (χ4v) is 3.96. The third-order valence-corrected chi connectivity index (χ3v) is 6.67. The van der Waals surface area contributed by atoms with E-state index >= 15 is 4.39 Å². The maximum Gasteiger partial charge on any atom is 0.495 e. The Hall–Kier alpha value is -3.30. The van der Waals surface area contributed by atoms with Crippen LogP contribution in [0.4, 0.5) is 4.39 Å². The molecule has 7 nitrogen and oxygen atoms in total. The molecule has 1 saturated heterocycles. The van der Waals surface area contributed by atoms with Gasteiger partial charge in [0.1, 0.15) is 12.4 Å². The Morgan fingerprint density at radius 1 is 1.17 bits per heavy atom. The van der Waals surface area contributed by atoms with Crippen molar-refractivity contribution in [3.63, 3.8) is 0 Å². The number of esters is 1. The van der Waals surface area contributed by atoms with Crippen molar-refractivity contribution in [2.24, 2.45) is 0 Å². The number of halogens is 1. The van der Waals surface area contributed by atoms with Gasteiger partial charge in [-0.2, -0.15) is 9.78 Å². The van der Waals surface area contributed by atoms with E-state index in [4.69, 9.17) is 14.0 Å². The molecule has 3 aromatic rings. The summed E-state index contributed by atoms with van der Waals surface area (Å²) in [5, 5.41) is 4.59. The predicted octanol–water partition coefficient (Wildman–Crippen LogP) is 3.92. The molecule has 0 bridgehead atoms. The van der Waals surface area contributed by atoms with Crippen LogP contribution in [0.5, 0.6) is 0 Å². The summed E-state index contributed by atoms with van der Waals surface area (Å²) in [6, 6.07) is 8.15. The van der Waals surface area contributed by atoms with Gasteiger partial charge in [-0.3, -0.25) is 9.59 Å². The Balaban J connectivity index is 1.91. The molecule has 2 heterocycles. The minimum Gasteiger partial charge on any atom is -0.461 e. The van der Waals surface area contributed by atoms with Gasteiger partial charge in [0.05, 0.1) is 28.5 Å². The SMILES string of the molecule is C=C(C)c1cc(F)c2c(=O)n(-c3cccc(B4OC(C)(C)C(C)(C)O4)c3COC(C)=O)ncc2c1. The van der Waals surface area contributed by atoms with Gasteiger partial charge in [-0.15, -0.1) is 0 Å². The molecule has 0 saturated carbocycles. The number of benzene rings is 2. The molecule has 1 aromatic heterocycles.